The standard InChI is InChI=1S/C14H13ClN2O3/c15-12-8-9(17-3-5-20-6-4-17)7-11-10(14(18)19)1-2-16-13(11)12/h1-2,7-8H,3-6H2,(H,18,19). The van der Waals surface area contributed by atoms with Gasteiger partial charge in [0.15, 0.2) is 0 Å². The number of nitrogens with zero attached hydrogens (tertiary/aromatic N) is 2. The molecule has 1 aromatic carbocycles. The molecule has 1 N–H and O–H groups in total. The van der Waals surface area contributed by atoms with Gasteiger partial charge in [-0.25, -0.2) is 4.79 Å². The van der Waals surface area contributed by atoms with Crippen molar-refractivity contribution in [2.75, 3.05) is 31.2 Å². The van der Waals surface area contributed by atoms with Crippen LogP contribution in [-0.2, 0) is 4.74 Å². The lowest BCUT2D eigenvalue weighted by atomic mass is 10.1. The second-order valence-corrected chi connectivity index (χ2v) is 4.99. The SMILES string of the molecule is O=C(O)c1ccnc2c(Cl)cc(N3CCOCC3)cc12. The molecule has 1 aliphatic heterocycles. The van der Waals surface area contributed by atoms with Crippen molar-refractivity contribution in [2.24, 2.45) is 0 Å². The van der Waals surface area contributed by atoms with E-state index in [-0.39, 0.29) is 5.56 Å². The molecular formula is C14H13ClN2O3. The van der Waals surface area contributed by atoms with Crippen molar-refractivity contribution in [3.63, 3.8) is 0 Å². The van der Waals surface area contributed by atoms with Gasteiger partial charge in [-0.15, -0.1) is 0 Å². The van der Waals surface area contributed by atoms with E-state index in [1.54, 1.807) is 0 Å². The van der Waals surface area contributed by atoms with Crippen LogP contribution in [0.25, 0.3) is 10.9 Å². The summed E-state index contributed by atoms with van der Waals surface area (Å²) in [5.74, 6) is -0.979. The molecule has 1 aliphatic rings. The van der Waals surface area contributed by atoms with Gasteiger partial charge < -0.3 is 14.7 Å². The number of ether oxygens (including phenoxy) is 1. The Morgan fingerprint density at radius 3 is 2.80 bits per heavy atom. The van der Waals surface area contributed by atoms with Crippen LogP contribution >= 0.6 is 11.6 Å². The predicted molar refractivity (Wildman–Crippen MR) is 76.7 cm³/mol. The first-order chi connectivity index (χ1) is 9.66. The van der Waals surface area contributed by atoms with Crippen LogP contribution in [0.2, 0.25) is 5.02 Å². The Kier molecular flexibility index (Phi) is 3.46. The molecule has 2 aromatic rings. The van der Waals surface area contributed by atoms with Crippen molar-refractivity contribution in [3.8, 4) is 0 Å². The third kappa shape index (κ3) is 2.30. The summed E-state index contributed by atoms with van der Waals surface area (Å²) in [6, 6.07) is 5.15. The number of benzene rings is 1. The lowest BCUT2D eigenvalue weighted by molar-refractivity contribution is 0.0699. The molecule has 0 atom stereocenters. The fourth-order valence-electron chi connectivity index (χ4n) is 2.39. The monoisotopic (exact) mass is 292 g/mol. The number of aromatic carboxylic acids is 1. The number of hydrogen-bond acceptors (Lipinski definition) is 4. The van der Waals surface area contributed by atoms with Crippen molar-refractivity contribution < 1.29 is 14.6 Å². The highest BCUT2D eigenvalue weighted by Crippen LogP contribution is 2.30. The Morgan fingerprint density at radius 1 is 1.35 bits per heavy atom. The summed E-state index contributed by atoms with van der Waals surface area (Å²) in [6.07, 6.45) is 1.46. The highest BCUT2D eigenvalue weighted by molar-refractivity contribution is 6.35. The number of carboxylic acids is 1. The van der Waals surface area contributed by atoms with Crippen molar-refractivity contribution in [3.05, 3.63) is 35.0 Å². The molecule has 0 amide bonds. The van der Waals surface area contributed by atoms with Crippen LogP contribution in [0, 0.1) is 0 Å². The first kappa shape index (κ1) is 13.1. The van der Waals surface area contributed by atoms with Crippen LogP contribution in [0.15, 0.2) is 24.4 Å². The third-order valence-corrected chi connectivity index (χ3v) is 3.68. The van der Waals surface area contributed by atoms with E-state index in [1.165, 1.54) is 12.3 Å². The van der Waals surface area contributed by atoms with Gasteiger partial charge >= 0.3 is 5.97 Å². The molecular weight excluding hydrogens is 280 g/mol. The Balaban J connectivity index is 2.15. The molecule has 0 unspecified atom stereocenters. The molecule has 0 bridgehead atoms. The molecule has 2 heterocycles. The number of fused-ring (bicyclic) bond motifs is 1. The fraction of sp³-hybridized carbons (Fsp3) is 0.286. The van der Waals surface area contributed by atoms with Crippen LogP contribution in [0.1, 0.15) is 10.4 Å². The summed E-state index contributed by atoms with van der Waals surface area (Å²) in [6.45, 7) is 2.86. The number of rotatable bonds is 2. The summed E-state index contributed by atoms with van der Waals surface area (Å²) in [5, 5.41) is 10.3. The number of morpholine rings is 1. The minimum absolute atomic E-state index is 0.215. The lowest BCUT2D eigenvalue weighted by Crippen LogP contribution is -2.36. The van der Waals surface area contributed by atoms with E-state index in [1.807, 2.05) is 12.1 Å². The Bertz CT molecular complexity index is 669. The predicted octanol–water partition coefficient (Wildman–Crippen LogP) is 2.42. The number of hydrogen-bond donors (Lipinski definition) is 1. The van der Waals surface area contributed by atoms with Crippen LogP contribution in [0.3, 0.4) is 0 Å². The average molecular weight is 293 g/mol. The third-order valence-electron chi connectivity index (χ3n) is 3.39. The molecule has 0 radical (unpaired) electrons. The maximum absolute atomic E-state index is 11.3. The molecule has 1 saturated heterocycles. The van der Waals surface area contributed by atoms with Gasteiger partial charge in [0.05, 0.1) is 29.3 Å². The summed E-state index contributed by atoms with van der Waals surface area (Å²) < 4.78 is 5.32. The van der Waals surface area contributed by atoms with Crippen molar-refractivity contribution in [1.82, 2.24) is 4.98 Å². The van der Waals surface area contributed by atoms with E-state index in [0.717, 1.165) is 18.8 Å². The molecule has 3 rings (SSSR count). The molecule has 6 heteroatoms. The number of aromatic nitrogens is 1. The maximum atomic E-state index is 11.3. The molecule has 20 heavy (non-hydrogen) atoms. The normalized spacial score (nSPS) is 15.6. The molecule has 0 aliphatic carbocycles. The maximum Gasteiger partial charge on any atom is 0.336 e. The van der Waals surface area contributed by atoms with Gasteiger partial charge in [-0.2, -0.15) is 0 Å². The van der Waals surface area contributed by atoms with E-state index >= 15 is 0 Å². The summed E-state index contributed by atoms with van der Waals surface area (Å²) in [5.41, 5.74) is 1.64. The second kappa shape index (κ2) is 5.26. The number of carbonyl (C=O) groups is 1. The molecule has 1 fully saturated rings. The smallest absolute Gasteiger partial charge is 0.336 e. The van der Waals surface area contributed by atoms with Crippen LogP contribution < -0.4 is 4.90 Å². The summed E-state index contributed by atoms with van der Waals surface area (Å²) >= 11 is 6.24. The van der Waals surface area contributed by atoms with Crippen molar-refractivity contribution in [1.29, 1.82) is 0 Å². The highest BCUT2D eigenvalue weighted by atomic mass is 35.5. The van der Waals surface area contributed by atoms with E-state index in [2.05, 4.69) is 9.88 Å². The topological polar surface area (TPSA) is 62.7 Å². The van der Waals surface area contributed by atoms with Crippen molar-refractivity contribution in [2.45, 2.75) is 0 Å². The largest absolute Gasteiger partial charge is 0.478 e. The minimum Gasteiger partial charge on any atom is -0.478 e. The number of halogens is 1. The summed E-state index contributed by atoms with van der Waals surface area (Å²) in [4.78, 5) is 17.6. The quantitative estimate of drug-likeness (QED) is 0.921. The lowest BCUT2D eigenvalue weighted by Gasteiger charge is -2.29. The average Bonchev–Trinajstić information content (AvgIpc) is 2.47. The molecule has 104 valence electrons. The first-order valence-electron chi connectivity index (χ1n) is 6.31. The molecule has 1 aromatic heterocycles. The molecule has 0 saturated carbocycles. The minimum atomic E-state index is -0.979. The molecule has 5 nitrogen and oxygen atoms in total. The van der Waals surface area contributed by atoms with Gasteiger partial charge in [0.1, 0.15) is 0 Å². The van der Waals surface area contributed by atoms with Gasteiger partial charge in [0, 0.05) is 30.4 Å². The Morgan fingerprint density at radius 2 is 2.10 bits per heavy atom. The van der Waals surface area contributed by atoms with E-state index < -0.39 is 5.97 Å². The van der Waals surface area contributed by atoms with E-state index in [9.17, 15) is 9.90 Å². The van der Waals surface area contributed by atoms with Gasteiger partial charge in [0.25, 0.3) is 0 Å². The zero-order valence-corrected chi connectivity index (χ0v) is 11.4. The number of carboxylic acid groups (broad SMARTS) is 1. The van der Waals surface area contributed by atoms with Crippen molar-refractivity contribution >= 4 is 34.2 Å². The Labute approximate surface area is 120 Å². The Hall–Kier alpha value is -1.85. The zero-order chi connectivity index (χ0) is 14.1. The molecule has 0 spiro atoms. The van der Waals surface area contributed by atoms with E-state index in [0.29, 0.717) is 29.1 Å². The van der Waals surface area contributed by atoms with Gasteiger partial charge in [0.2, 0.25) is 0 Å². The number of pyridine rings is 1. The van der Waals surface area contributed by atoms with E-state index in [4.69, 9.17) is 16.3 Å². The van der Waals surface area contributed by atoms with Crippen LogP contribution in [-0.4, -0.2) is 42.4 Å². The fourth-order valence-corrected chi connectivity index (χ4v) is 2.65. The van der Waals surface area contributed by atoms with Gasteiger partial charge in [-0.3, -0.25) is 4.98 Å². The first-order valence-corrected chi connectivity index (χ1v) is 6.69. The van der Waals surface area contributed by atoms with Gasteiger partial charge in [-0.05, 0) is 18.2 Å². The number of anilines is 1. The van der Waals surface area contributed by atoms with Gasteiger partial charge in [-0.1, -0.05) is 11.6 Å². The highest BCUT2D eigenvalue weighted by Gasteiger charge is 2.16. The summed E-state index contributed by atoms with van der Waals surface area (Å²) in [7, 11) is 0. The van der Waals surface area contributed by atoms with Crippen LogP contribution in [0.5, 0.6) is 0 Å². The zero-order valence-electron chi connectivity index (χ0n) is 10.7. The van der Waals surface area contributed by atoms with Crippen LogP contribution in [0.4, 0.5) is 5.69 Å². The second-order valence-electron chi connectivity index (χ2n) is 4.59.